The number of likely N-dealkylation sites (tertiary alicyclic amines) is 1. The standard InChI is InChI=1S/C28H25NO5/c1-18-8-10-21(11-9-18)25(30)23-24(20-12-14-22(15-13-20)28(33)34-2)29(27(32)26(23)31)17-16-19-6-4-3-5-7-19/h3-15,24,30H,16-17H2,1-2H3/b25-23+. The molecule has 0 saturated carbocycles. The predicted octanol–water partition coefficient (Wildman–Crippen LogP) is 4.45. The number of hydrogen-bond acceptors (Lipinski definition) is 5. The molecule has 1 unspecified atom stereocenters. The minimum absolute atomic E-state index is 0.0349. The number of amides is 1. The fourth-order valence-electron chi connectivity index (χ4n) is 4.14. The van der Waals surface area contributed by atoms with Gasteiger partial charge in [0.25, 0.3) is 11.7 Å². The lowest BCUT2D eigenvalue weighted by Crippen LogP contribution is -2.31. The maximum Gasteiger partial charge on any atom is 0.337 e. The number of carbonyl (C=O) groups is 3. The molecule has 172 valence electrons. The molecule has 1 saturated heterocycles. The van der Waals surface area contributed by atoms with E-state index in [2.05, 4.69) is 0 Å². The van der Waals surface area contributed by atoms with Gasteiger partial charge in [0.1, 0.15) is 5.76 Å². The van der Waals surface area contributed by atoms with E-state index < -0.39 is 23.7 Å². The molecule has 3 aromatic carbocycles. The van der Waals surface area contributed by atoms with Gasteiger partial charge in [-0.3, -0.25) is 9.59 Å². The van der Waals surface area contributed by atoms with Crippen molar-refractivity contribution in [1.82, 2.24) is 4.90 Å². The van der Waals surface area contributed by atoms with Crippen LogP contribution in [0.25, 0.3) is 5.76 Å². The first kappa shape index (κ1) is 23.0. The highest BCUT2D eigenvalue weighted by atomic mass is 16.5. The van der Waals surface area contributed by atoms with E-state index in [1.807, 2.05) is 49.4 Å². The number of ketones is 1. The molecule has 0 spiro atoms. The molecule has 6 nitrogen and oxygen atoms in total. The Kier molecular flexibility index (Phi) is 6.59. The normalized spacial score (nSPS) is 17.1. The second-order valence-corrected chi connectivity index (χ2v) is 8.21. The zero-order chi connectivity index (χ0) is 24.2. The quantitative estimate of drug-likeness (QED) is 0.257. The van der Waals surface area contributed by atoms with Crippen LogP contribution in [0.4, 0.5) is 0 Å². The Bertz CT molecular complexity index is 1240. The van der Waals surface area contributed by atoms with Gasteiger partial charge in [-0.25, -0.2) is 4.79 Å². The highest BCUT2D eigenvalue weighted by Crippen LogP contribution is 2.39. The molecule has 1 fully saturated rings. The summed E-state index contributed by atoms with van der Waals surface area (Å²) < 4.78 is 4.76. The van der Waals surface area contributed by atoms with Crippen molar-refractivity contribution in [3.8, 4) is 0 Å². The van der Waals surface area contributed by atoms with E-state index in [4.69, 9.17) is 4.74 Å². The van der Waals surface area contributed by atoms with Crippen molar-refractivity contribution in [1.29, 1.82) is 0 Å². The van der Waals surface area contributed by atoms with E-state index in [0.29, 0.717) is 29.7 Å². The first-order valence-corrected chi connectivity index (χ1v) is 11.0. The van der Waals surface area contributed by atoms with Crippen molar-refractivity contribution in [3.63, 3.8) is 0 Å². The second kappa shape index (κ2) is 9.75. The van der Waals surface area contributed by atoms with Crippen LogP contribution in [0, 0.1) is 6.92 Å². The number of carbonyl (C=O) groups excluding carboxylic acids is 3. The van der Waals surface area contributed by atoms with Gasteiger partial charge in [0.05, 0.1) is 24.3 Å². The lowest BCUT2D eigenvalue weighted by Gasteiger charge is -2.25. The number of nitrogens with zero attached hydrogens (tertiary/aromatic N) is 1. The maximum atomic E-state index is 13.1. The molecule has 1 N–H and O–H groups in total. The summed E-state index contributed by atoms with van der Waals surface area (Å²) in [6.45, 7) is 2.22. The summed E-state index contributed by atoms with van der Waals surface area (Å²) in [6.07, 6.45) is 0.551. The van der Waals surface area contributed by atoms with Crippen LogP contribution in [0.2, 0.25) is 0 Å². The van der Waals surface area contributed by atoms with Crippen molar-refractivity contribution in [2.45, 2.75) is 19.4 Å². The minimum atomic E-state index is -0.781. The summed E-state index contributed by atoms with van der Waals surface area (Å²) in [7, 11) is 1.30. The lowest BCUT2D eigenvalue weighted by molar-refractivity contribution is -0.139. The van der Waals surface area contributed by atoms with Gasteiger partial charge in [-0.05, 0) is 36.6 Å². The average molecular weight is 456 g/mol. The number of benzene rings is 3. The number of Topliss-reactive ketones (excluding diaryl/α,β-unsaturated/α-hetero) is 1. The number of methoxy groups -OCH3 is 1. The Hall–Kier alpha value is -4.19. The number of esters is 1. The molecule has 1 amide bonds. The lowest BCUT2D eigenvalue weighted by atomic mass is 9.94. The fraction of sp³-hybridized carbons (Fsp3) is 0.179. The minimum Gasteiger partial charge on any atom is -0.507 e. The number of aliphatic hydroxyl groups is 1. The molecule has 0 radical (unpaired) electrons. The van der Waals surface area contributed by atoms with Crippen LogP contribution < -0.4 is 0 Å². The van der Waals surface area contributed by atoms with Crippen molar-refractivity contribution < 1.29 is 24.2 Å². The van der Waals surface area contributed by atoms with Crippen LogP contribution in [0.3, 0.4) is 0 Å². The van der Waals surface area contributed by atoms with Gasteiger partial charge < -0.3 is 14.7 Å². The van der Waals surface area contributed by atoms with E-state index in [-0.39, 0.29) is 11.3 Å². The van der Waals surface area contributed by atoms with Crippen molar-refractivity contribution >= 4 is 23.4 Å². The van der Waals surface area contributed by atoms with E-state index in [0.717, 1.165) is 11.1 Å². The number of aliphatic hydroxyl groups excluding tert-OH is 1. The molecular formula is C28H25NO5. The van der Waals surface area contributed by atoms with Crippen molar-refractivity contribution in [2.75, 3.05) is 13.7 Å². The molecule has 3 aromatic rings. The smallest absolute Gasteiger partial charge is 0.337 e. The molecule has 34 heavy (non-hydrogen) atoms. The topological polar surface area (TPSA) is 83.9 Å². The largest absolute Gasteiger partial charge is 0.507 e. The average Bonchev–Trinajstić information content (AvgIpc) is 3.12. The Balaban J connectivity index is 1.78. The fourth-order valence-corrected chi connectivity index (χ4v) is 4.14. The van der Waals surface area contributed by atoms with Gasteiger partial charge >= 0.3 is 5.97 Å². The van der Waals surface area contributed by atoms with Crippen LogP contribution in [-0.4, -0.2) is 41.3 Å². The molecule has 4 rings (SSSR count). The van der Waals surface area contributed by atoms with Gasteiger partial charge in [-0.15, -0.1) is 0 Å². The summed E-state index contributed by atoms with van der Waals surface area (Å²) >= 11 is 0. The number of hydrogen-bond donors (Lipinski definition) is 1. The third-order valence-corrected chi connectivity index (χ3v) is 6.00. The summed E-state index contributed by atoms with van der Waals surface area (Å²) in [5, 5.41) is 11.1. The Morgan fingerprint density at radius 3 is 2.15 bits per heavy atom. The molecule has 0 aromatic heterocycles. The maximum absolute atomic E-state index is 13.1. The molecule has 1 heterocycles. The van der Waals surface area contributed by atoms with Crippen LogP contribution in [0.15, 0.2) is 84.4 Å². The molecular weight excluding hydrogens is 430 g/mol. The third-order valence-electron chi connectivity index (χ3n) is 6.00. The molecule has 6 heteroatoms. The highest BCUT2D eigenvalue weighted by molar-refractivity contribution is 6.46. The van der Waals surface area contributed by atoms with Crippen molar-refractivity contribution in [3.05, 3.63) is 112 Å². The van der Waals surface area contributed by atoms with E-state index in [1.165, 1.54) is 12.0 Å². The zero-order valence-electron chi connectivity index (χ0n) is 19.0. The van der Waals surface area contributed by atoms with Gasteiger partial charge in [-0.1, -0.05) is 72.3 Å². The SMILES string of the molecule is COC(=O)c1ccc(C2/C(=C(\O)c3ccc(C)cc3)C(=O)C(=O)N2CCc2ccccc2)cc1. The second-order valence-electron chi connectivity index (χ2n) is 8.21. The molecule has 1 aliphatic heterocycles. The molecule has 0 bridgehead atoms. The summed E-state index contributed by atoms with van der Waals surface area (Å²) in [5.41, 5.74) is 3.51. The van der Waals surface area contributed by atoms with Crippen molar-refractivity contribution in [2.24, 2.45) is 0 Å². The van der Waals surface area contributed by atoms with Crippen LogP contribution in [-0.2, 0) is 20.7 Å². The zero-order valence-corrected chi connectivity index (χ0v) is 19.0. The highest BCUT2D eigenvalue weighted by Gasteiger charge is 2.45. The van der Waals surface area contributed by atoms with Gasteiger partial charge in [0.2, 0.25) is 0 Å². The Morgan fingerprint density at radius 1 is 0.912 bits per heavy atom. The van der Waals surface area contributed by atoms with E-state index in [1.54, 1.807) is 36.4 Å². The number of rotatable bonds is 6. The summed E-state index contributed by atoms with van der Waals surface area (Å²) in [4.78, 5) is 39.6. The monoisotopic (exact) mass is 455 g/mol. The molecule has 1 aliphatic rings. The van der Waals surface area contributed by atoms with Crippen LogP contribution in [0.1, 0.15) is 38.7 Å². The number of ether oxygens (including phenoxy) is 1. The van der Waals surface area contributed by atoms with Crippen LogP contribution >= 0.6 is 0 Å². The van der Waals surface area contributed by atoms with Gasteiger partial charge in [0.15, 0.2) is 0 Å². The van der Waals surface area contributed by atoms with Gasteiger partial charge in [-0.2, -0.15) is 0 Å². The van der Waals surface area contributed by atoms with Crippen LogP contribution in [0.5, 0.6) is 0 Å². The van der Waals surface area contributed by atoms with Gasteiger partial charge in [0, 0.05) is 12.1 Å². The number of aryl methyl sites for hydroxylation is 1. The molecule has 0 aliphatic carbocycles. The summed E-state index contributed by atoms with van der Waals surface area (Å²) in [5.74, 6) is -2.09. The molecule has 1 atom stereocenters. The first-order valence-electron chi connectivity index (χ1n) is 11.0. The summed E-state index contributed by atoms with van der Waals surface area (Å²) in [6, 6.07) is 22.5. The third kappa shape index (κ3) is 4.48. The Morgan fingerprint density at radius 2 is 1.53 bits per heavy atom. The first-order chi connectivity index (χ1) is 16.4. The van der Waals surface area contributed by atoms with E-state index >= 15 is 0 Å². The Labute approximate surface area is 198 Å². The predicted molar refractivity (Wildman–Crippen MR) is 128 cm³/mol. The van der Waals surface area contributed by atoms with E-state index in [9.17, 15) is 19.5 Å².